The molecule has 0 bridgehead atoms. The van der Waals surface area contributed by atoms with E-state index in [1.165, 1.54) is 5.56 Å². The Balaban J connectivity index is 1.87. The lowest BCUT2D eigenvalue weighted by Crippen LogP contribution is -2.47. The molecule has 0 unspecified atom stereocenters. The summed E-state index contributed by atoms with van der Waals surface area (Å²) in [6.45, 7) is 3.93. The van der Waals surface area contributed by atoms with Crippen molar-refractivity contribution in [3.05, 3.63) is 65.2 Å². The van der Waals surface area contributed by atoms with Crippen LogP contribution in [0.2, 0.25) is 5.02 Å². The van der Waals surface area contributed by atoms with Crippen molar-refractivity contribution in [3.8, 4) is 5.75 Å². The molecule has 0 aliphatic rings. The molecule has 0 heterocycles. The topological polar surface area (TPSA) is 38.3 Å². The molecule has 2 rings (SSSR count). The van der Waals surface area contributed by atoms with Gasteiger partial charge in [-0.05, 0) is 38.0 Å². The fourth-order valence-electron chi connectivity index (χ4n) is 2.27. The van der Waals surface area contributed by atoms with E-state index in [2.05, 4.69) is 5.32 Å². The molecule has 4 heteroatoms. The molecule has 0 atom stereocenters. The molecule has 2 aromatic rings. The maximum Gasteiger partial charge on any atom is 0.258 e. The molecule has 22 heavy (non-hydrogen) atoms. The Labute approximate surface area is 136 Å². The first-order chi connectivity index (χ1) is 10.5. The number of carbonyl (C=O) groups excluding carboxylic acids is 1. The molecular weight excluding hydrogens is 298 g/mol. The molecule has 2 aromatic carbocycles. The Morgan fingerprint density at radius 2 is 1.73 bits per heavy atom. The van der Waals surface area contributed by atoms with Crippen molar-refractivity contribution in [1.82, 2.24) is 5.32 Å². The molecule has 0 aliphatic heterocycles. The van der Waals surface area contributed by atoms with Gasteiger partial charge in [0.15, 0.2) is 6.61 Å². The molecule has 0 fully saturated rings. The quantitative estimate of drug-likeness (QED) is 0.878. The summed E-state index contributed by atoms with van der Waals surface area (Å²) in [7, 11) is 0. The van der Waals surface area contributed by atoms with Crippen molar-refractivity contribution in [3.63, 3.8) is 0 Å². The summed E-state index contributed by atoms with van der Waals surface area (Å²) in [6.07, 6.45) is 0.756. The fraction of sp³-hybridized carbons (Fsp3) is 0.278. The van der Waals surface area contributed by atoms with Crippen LogP contribution in [0, 0.1) is 0 Å². The number of benzene rings is 2. The Morgan fingerprint density at radius 3 is 2.41 bits per heavy atom. The summed E-state index contributed by atoms with van der Waals surface area (Å²) in [6, 6.07) is 17.2. The third-order valence-corrected chi connectivity index (χ3v) is 3.47. The van der Waals surface area contributed by atoms with E-state index in [9.17, 15) is 4.79 Å². The first-order valence-electron chi connectivity index (χ1n) is 7.18. The van der Waals surface area contributed by atoms with Crippen molar-refractivity contribution >= 4 is 17.5 Å². The summed E-state index contributed by atoms with van der Waals surface area (Å²) in [5.74, 6) is 0.348. The second-order valence-corrected chi connectivity index (χ2v) is 6.22. The van der Waals surface area contributed by atoms with Gasteiger partial charge in [-0.25, -0.2) is 0 Å². The lowest BCUT2D eigenvalue weighted by molar-refractivity contribution is -0.124. The Morgan fingerprint density at radius 1 is 1.09 bits per heavy atom. The summed E-state index contributed by atoms with van der Waals surface area (Å²) < 4.78 is 5.45. The van der Waals surface area contributed by atoms with Crippen molar-refractivity contribution in [2.45, 2.75) is 25.8 Å². The number of rotatable bonds is 6. The van der Waals surface area contributed by atoms with E-state index in [4.69, 9.17) is 16.3 Å². The largest absolute Gasteiger partial charge is 0.482 e. The third kappa shape index (κ3) is 5.08. The van der Waals surface area contributed by atoms with Gasteiger partial charge in [0.1, 0.15) is 5.75 Å². The van der Waals surface area contributed by atoms with Crippen LogP contribution in [0.15, 0.2) is 54.6 Å². The minimum atomic E-state index is -0.345. The molecular formula is C18H20ClNO2. The highest BCUT2D eigenvalue weighted by molar-refractivity contribution is 6.32. The highest BCUT2D eigenvalue weighted by Crippen LogP contribution is 2.23. The van der Waals surface area contributed by atoms with Crippen LogP contribution >= 0.6 is 11.6 Å². The molecule has 0 radical (unpaired) electrons. The SMILES string of the molecule is CC(C)(Cc1ccccc1)NC(=O)COc1ccccc1Cl. The predicted octanol–water partition coefficient (Wildman–Crippen LogP) is 3.86. The first-order valence-corrected chi connectivity index (χ1v) is 7.56. The van der Waals surface area contributed by atoms with Crippen molar-refractivity contribution in [2.24, 2.45) is 0 Å². The van der Waals surface area contributed by atoms with E-state index in [1.807, 2.05) is 56.3 Å². The molecule has 0 spiro atoms. The number of nitrogens with one attached hydrogen (secondary N) is 1. The number of carbonyl (C=O) groups is 1. The van der Waals surface area contributed by atoms with Crippen LogP contribution in [0.5, 0.6) is 5.75 Å². The van der Waals surface area contributed by atoms with E-state index in [0.29, 0.717) is 10.8 Å². The zero-order chi connectivity index (χ0) is 16.0. The van der Waals surface area contributed by atoms with Gasteiger partial charge in [0.25, 0.3) is 5.91 Å². The van der Waals surface area contributed by atoms with Gasteiger partial charge in [-0.3, -0.25) is 4.79 Å². The van der Waals surface area contributed by atoms with E-state index in [0.717, 1.165) is 6.42 Å². The Bertz CT molecular complexity index is 626. The third-order valence-electron chi connectivity index (χ3n) is 3.16. The Kier molecular flexibility index (Phi) is 5.45. The smallest absolute Gasteiger partial charge is 0.258 e. The standard InChI is InChI=1S/C18H20ClNO2/c1-18(2,12-14-8-4-3-5-9-14)20-17(21)13-22-16-11-7-6-10-15(16)19/h3-11H,12-13H2,1-2H3,(H,20,21). The van der Waals surface area contributed by atoms with Gasteiger partial charge in [-0.1, -0.05) is 54.1 Å². The normalized spacial score (nSPS) is 11.0. The highest BCUT2D eigenvalue weighted by Gasteiger charge is 2.21. The van der Waals surface area contributed by atoms with Gasteiger partial charge in [-0.2, -0.15) is 0 Å². The summed E-state index contributed by atoms with van der Waals surface area (Å²) in [5.41, 5.74) is 0.835. The monoisotopic (exact) mass is 317 g/mol. The number of hydrogen-bond donors (Lipinski definition) is 1. The first kappa shape index (κ1) is 16.4. The van der Waals surface area contributed by atoms with Gasteiger partial charge in [-0.15, -0.1) is 0 Å². The fourth-order valence-corrected chi connectivity index (χ4v) is 2.46. The zero-order valence-electron chi connectivity index (χ0n) is 12.8. The molecule has 0 saturated heterocycles. The maximum absolute atomic E-state index is 12.1. The number of para-hydroxylation sites is 1. The zero-order valence-corrected chi connectivity index (χ0v) is 13.6. The van der Waals surface area contributed by atoms with Crippen LogP contribution in [0.1, 0.15) is 19.4 Å². The van der Waals surface area contributed by atoms with Gasteiger partial charge in [0.05, 0.1) is 5.02 Å². The van der Waals surface area contributed by atoms with Crippen molar-refractivity contribution in [1.29, 1.82) is 0 Å². The minimum Gasteiger partial charge on any atom is -0.482 e. The molecule has 3 nitrogen and oxygen atoms in total. The summed E-state index contributed by atoms with van der Waals surface area (Å²) in [4.78, 5) is 12.1. The molecule has 116 valence electrons. The van der Waals surface area contributed by atoms with E-state index < -0.39 is 0 Å². The molecule has 0 saturated carbocycles. The molecule has 0 aliphatic carbocycles. The Hall–Kier alpha value is -2.00. The van der Waals surface area contributed by atoms with Gasteiger partial charge in [0.2, 0.25) is 0 Å². The van der Waals surface area contributed by atoms with Crippen molar-refractivity contribution in [2.75, 3.05) is 6.61 Å². The van der Waals surface area contributed by atoms with Crippen LogP contribution in [0.4, 0.5) is 0 Å². The average Bonchev–Trinajstić information content (AvgIpc) is 2.46. The lowest BCUT2D eigenvalue weighted by Gasteiger charge is -2.26. The van der Waals surface area contributed by atoms with E-state index >= 15 is 0 Å². The van der Waals surface area contributed by atoms with Gasteiger partial charge >= 0.3 is 0 Å². The minimum absolute atomic E-state index is 0.0536. The van der Waals surface area contributed by atoms with Crippen molar-refractivity contribution < 1.29 is 9.53 Å². The van der Waals surface area contributed by atoms with Crippen LogP contribution in [0.3, 0.4) is 0 Å². The second-order valence-electron chi connectivity index (χ2n) is 5.81. The summed E-state index contributed by atoms with van der Waals surface area (Å²) in [5, 5.41) is 3.49. The summed E-state index contributed by atoms with van der Waals surface area (Å²) >= 11 is 5.99. The highest BCUT2D eigenvalue weighted by atomic mass is 35.5. The second kappa shape index (κ2) is 7.32. The van der Waals surface area contributed by atoms with Crippen LogP contribution in [-0.4, -0.2) is 18.1 Å². The predicted molar refractivity (Wildman–Crippen MR) is 89.3 cm³/mol. The van der Waals surface area contributed by atoms with E-state index in [1.54, 1.807) is 12.1 Å². The number of halogens is 1. The number of hydrogen-bond acceptors (Lipinski definition) is 2. The van der Waals surface area contributed by atoms with Crippen LogP contribution in [-0.2, 0) is 11.2 Å². The molecule has 1 N–H and O–H groups in total. The lowest BCUT2D eigenvalue weighted by atomic mass is 9.95. The van der Waals surface area contributed by atoms with Gasteiger partial charge in [0, 0.05) is 5.54 Å². The number of ether oxygens (including phenoxy) is 1. The molecule has 0 aromatic heterocycles. The van der Waals surface area contributed by atoms with E-state index in [-0.39, 0.29) is 18.1 Å². The van der Waals surface area contributed by atoms with Crippen LogP contribution < -0.4 is 10.1 Å². The average molecular weight is 318 g/mol. The van der Waals surface area contributed by atoms with Gasteiger partial charge < -0.3 is 10.1 Å². The maximum atomic E-state index is 12.1. The molecule has 1 amide bonds. The number of amides is 1. The van der Waals surface area contributed by atoms with Crippen LogP contribution in [0.25, 0.3) is 0 Å².